The SMILES string of the molecule is COc1ccccc1CNC(=O)C(SCC(O)c1ccccc1)C(C)C. The van der Waals surface area contributed by atoms with Crippen LogP contribution in [0.4, 0.5) is 0 Å². The minimum absolute atomic E-state index is 0.0174. The Labute approximate surface area is 160 Å². The standard InChI is InChI=1S/C21H27NO3S/c1-15(2)20(26-14-18(23)16-9-5-4-6-10-16)21(24)22-13-17-11-7-8-12-19(17)25-3/h4-12,15,18,20,23H,13-14H2,1-3H3,(H,22,24). The minimum Gasteiger partial charge on any atom is -0.496 e. The normalized spacial score (nSPS) is 13.3. The van der Waals surface area contributed by atoms with Gasteiger partial charge in [0.25, 0.3) is 0 Å². The number of aliphatic hydroxyl groups is 1. The van der Waals surface area contributed by atoms with Crippen LogP contribution in [0.15, 0.2) is 54.6 Å². The van der Waals surface area contributed by atoms with Crippen molar-refractivity contribution in [3.8, 4) is 5.75 Å². The van der Waals surface area contributed by atoms with E-state index in [1.165, 1.54) is 11.8 Å². The van der Waals surface area contributed by atoms with Gasteiger partial charge in [-0.3, -0.25) is 4.79 Å². The number of carbonyl (C=O) groups is 1. The van der Waals surface area contributed by atoms with Crippen LogP contribution in [-0.2, 0) is 11.3 Å². The second-order valence-corrected chi connectivity index (χ2v) is 7.63. The topological polar surface area (TPSA) is 58.6 Å². The monoisotopic (exact) mass is 373 g/mol. The van der Waals surface area contributed by atoms with E-state index in [1.54, 1.807) is 7.11 Å². The third kappa shape index (κ3) is 5.78. The molecule has 140 valence electrons. The maximum atomic E-state index is 12.7. The van der Waals surface area contributed by atoms with E-state index < -0.39 is 6.10 Å². The molecule has 2 aromatic rings. The number of methoxy groups -OCH3 is 1. The number of aliphatic hydroxyl groups excluding tert-OH is 1. The van der Waals surface area contributed by atoms with Crippen LogP contribution in [0.5, 0.6) is 5.75 Å². The van der Waals surface area contributed by atoms with Gasteiger partial charge in [0.05, 0.1) is 18.5 Å². The van der Waals surface area contributed by atoms with Crippen molar-refractivity contribution in [2.45, 2.75) is 31.7 Å². The van der Waals surface area contributed by atoms with Gasteiger partial charge in [-0.05, 0) is 17.5 Å². The molecule has 2 aromatic carbocycles. The van der Waals surface area contributed by atoms with Gasteiger partial charge in [-0.15, -0.1) is 11.8 Å². The predicted octanol–water partition coefficient (Wildman–Crippen LogP) is 3.80. The highest BCUT2D eigenvalue weighted by Gasteiger charge is 2.24. The van der Waals surface area contributed by atoms with Gasteiger partial charge in [0, 0.05) is 17.9 Å². The first kappa shape index (κ1) is 20.3. The van der Waals surface area contributed by atoms with Gasteiger partial charge in [-0.1, -0.05) is 62.4 Å². The molecule has 0 spiro atoms. The zero-order valence-corrected chi connectivity index (χ0v) is 16.3. The third-order valence-electron chi connectivity index (χ3n) is 4.13. The van der Waals surface area contributed by atoms with E-state index in [1.807, 2.05) is 68.4 Å². The summed E-state index contributed by atoms with van der Waals surface area (Å²) in [6.45, 7) is 4.47. The lowest BCUT2D eigenvalue weighted by atomic mass is 10.1. The smallest absolute Gasteiger partial charge is 0.233 e. The highest BCUT2D eigenvalue weighted by Crippen LogP contribution is 2.26. The second-order valence-electron chi connectivity index (χ2n) is 6.45. The van der Waals surface area contributed by atoms with Crippen LogP contribution in [0.2, 0.25) is 0 Å². The van der Waals surface area contributed by atoms with Gasteiger partial charge in [0.2, 0.25) is 5.91 Å². The van der Waals surface area contributed by atoms with E-state index in [4.69, 9.17) is 4.74 Å². The summed E-state index contributed by atoms with van der Waals surface area (Å²) in [5, 5.41) is 13.1. The zero-order chi connectivity index (χ0) is 18.9. The van der Waals surface area contributed by atoms with E-state index >= 15 is 0 Å². The number of carbonyl (C=O) groups excluding carboxylic acids is 1. The molecule has 0 fully saturated rings. The Balaban J connectivity index is 1.92. The summed E-state index contributed by atoms with van der Waals surface area (Å²) >= 11 is 1.49. The van der Waals surface area contributed by atoms with Crippen molar-refractivity contribution in [3.63, 3.8) is 0 Å². The average Bonchev–Trinajstić information content (AvgIpc) is 2.67. The Morgan fingerprint density at radius 3 is 2.42 bits per heavy atom. The fourth-order valence-electron chi connectivity index (χ4n) is 2.67. The first-order valence-electron chi connectivity index (χ1n) is 8.77. The molecular formula is C21H27NO3S. The molecule has 0 aliphatic carbocycles. The summed E-state index contributed by atoms with van der Waals surface area (Å²) in [4.78, 5) is 12.7. The average molecular weight is 374 g/mol. The number of rotatable bonds is 9. The molecular weight excluding hydrogens is 346 g/mol. The first-order chi connectivity index (χ1) is 12.5. The van der Waals surface area contributed by atoms with Crippen LogP contribution in [0, 0.1) is 5.92 Å². The van der Waals surface area contributed by atoms with Gasteiger partial charge in [0.1, 0.15) is 5.75 Å². The zero-order valence-electron chi connectivity index (χ0n) is 15.5. The van der Waals surface area contributed by atoms with E-state index in [-0.39, 0.29) is 17.1 Å². The van der Waals surface area contributed by atoms with Gasteiger partial charge in [0.15, 0.2) is 0 Å². The van der Waals surface area contributed by atoms with Crippen molar-refractivity contribution in [3.05, 3.63) is 65.7 Å². The summed E-state index contributed by atoms with van der Waals surface area (Å²) < 4.78 is 5.32. The largest absolute Gasteiger partial charge is 0.496 e. The van der Waals surface area contributed by atoms with E-state index in [9.17, 15) is 9.90 Å². The van der Waals surface area contributed by atoms with Gasteiger partial charge >= 0.3 is 0 Å². The van der Waals surface area contributed by atoms with Crippen molar-refractivity contribution in [1.82, 2.24) is 5.32 Å². The van der Waals surface area contributed by atoms with Gasteiger partial charge < -0.3 is 15.2 Å². The second kappa shape index (κ2) is 10.2. The summed E-state index contributed by atoms with van der Waals surface area (Å²) in [5.74, 6) is 1.40. The van der Waals surface area contributed by atoms with Crippen molar-refractivity contribution in [1.29, 1.82) is 0 Å². The van der Waals surface area contributed by atoms with Crippen LogP contribution < -0.4 is 10.1 Å². The summed E-state index contributed by atoms with van der Waals surface area (Å²) in [6, 6.07) is 17.2. The fraction of sp³-hybridized carbons (Fsp3) is 0.381. The van der Waals surface area contributed by atoms with Gasteiger partial charge in [-0.25, -0.2) is 0 Å². The molecule has 2 atom stereocenters. The number of benzene rings is 2. The quantitative estimate of drug-likeness (QED) is 0.702. The first-order valence-corrected chi connectivity index (χ1v) is 9.82. The maximum absolute atomic E-state index is 12.7. The number of thioether (sulfide) groups is 1. The lowest BCUT2D eigenvalue weighted by Gasteiger charge is -2.22. The van der Waals surface area contributed by atoms with E-state index in [0.29, 0.717) is 12.3 Å². The number of ether oxygens (including phenoxy) is 1. The van der Waals surface area contributed by atoms with Gasteiger partial charge in [-0.2, -0.15) is 0 Å². The number of hydrogen-bond donors (Lipinski definition) is 2. The predicted molar refractivity (Wildman–Crippen MR) is 107 cm³/mol. The molecule has 2 N–H and O–H groups in total. The fourth-order valence-corrected chi connectivity index (χ4v) is 3.87. The number of hydrogen-bond acceptors (Lipinski definition) is 4. The van der Waals surface area contributed by atoms with E-state index in [2.05, 4.69) is 5.32 Å². The third-order valence-corrected chi connectivity index (χ3v) is 5.75. The molecule has 2 rings (SSSR count). The molecule has 0 radical (unpaired) electrons. The van der Waals surface area contributed by atoms with Crippen molar-refractivity contribution in [2.75, 3.05) is 12.9 Å². The molecule has 2 unspecified atom stereocenters. The Morgan fingerprint density at radius 2 is 1.77 bits per heavy atom. The molecule has 0 saturated carbocycles. The Bertz CT molecular complexity index is 691. The van der Waals surface area contributed by atoms with Crippen LogP contribution in [0.3, 0.4) is 0 Å². The Morgan fingerprint density at radius 1 is 1.12 bits per heavy atom. The maximum Gasteiger partial charge on any atom is 0.233 e. The van der Waals surface area contributed by atoms with Crippen LogP contribution >= 0.6 is 11.8 Å². The van der Waals surface area contributed by atoms with Crippen molar-refractivity contribution < 1.29 is 14.6 Å². The molecule has 0 aliphatic rings. The lowest BCUT2D eigenvalue weighted by molar-refractivity contribution is -0.121. The molecule has 4 nitrogen and oxygen atoms in total. The molecule has 0 saturated heterocycles. The van der Waals surface area contributed by atoms with Crippen molar-refractivity contribution in [2.24, 2.45) is 5.92 Å². The van der Waals surface area contributed by atoms with Crippen LogP contribution in [0.25, 0.3) is 0 Å². The lowest BCUT2D eigenvalue weighted by Crippen LogP contribution is -2.36. The van der Waals surface area contributed by atoms with E-state index in [0.717, 1.165) is 16.9 Å². The highest BCUT2D eigenvalue weighted by molar-refractivity contribution is 8.00. The molecule has 0 heterocycles. The molecule has 0 aromatic heterocycles. The molecule has 26 heavy (non-hydrogen) atoms. The molecule has 5 heteroatoms. The highest BCUT2D eigenvalue weighted by atomic mass is 32.2. The van der Waals surface area contributed by atoms with Crippen molar-refractivity contribution >= 4 is 17.7 Å². The molecule has 0 bridgehead atoms. The minimum atomic E-state index is -0.579. The Hall–Kier alpha value is -1.98. The number of para-hydroxylation sites is 1. The summed E-state index contributed by atoms with van der Waals surface area (Å²) in [5.41, 5.74) is 1.82. The summed E-state index contributed by atoms with van der Waals surface area (Å²) in [7, 11) is 1.62. The van der Waals surface area contributed by atoms with Crippen LogP contribution in [-0.4, -0.2) is 29.1 Å². The van der Waals surface area contributed by atoms with Crippen LogP contribution in [0.1, 0.15) is 31.1 Å². The number of nitrogens with one attached hydrogen (secondary N) is 1. The molecule has 1 amide bonds. The number of amides is 1. The molecule has 0 aliphatic heterocycles. The Kier molecular flexibility index (Phi) is 8.01. The summed E-state index contributed by atoms with van der Waals surface area (Å²) in [6.07, 6.45) is -0.579.